The second-order valence-electron chi connectivity index (χ2n) is 5.76. The quantitative estimate of drug-likeness (QED) is 0.655. The Balaban J connectivity index is 0.00000117. The van der Waals surface area contributed by atoms with Crippen LogP contribution >= 0.6 is 15.9 Å². The van der Waals surface area contributed by atoms with E-state index < -0.39 is 0 Å². The summed E-state index contributed by atoms with van der Waals surface area (Å²) < 4.78 is 1.14. The molecule has 0 spiro atoms. The van der Waals surface area contributed by atoms with Gasteiger partial charge < -0.3 is 4.90 Å². The van der Waals surface area contributed by atoms with E-state index in [9.17, 15) is 4.91 Å². The fourth-order valence-electron chi connectivity index (χ4n) is 2.92. The molecule has 2 aromatic rings. The minimum atomic E-state index is 0.214. The van der Waals surface area contributed by atoms with Gasteiger partial charge in [0.05, 0.1) is 5.56 Å². The van der Waals surface area contributed by atoms with E-state index in [0.29, 0.717) is 5.56 Å². The number of rotatable bonds is 4. The summed E-state index contributed by atoms with van der Waals surface area (Å²) in [6.07, 6.45) is 0. The molecule has 0 bridgehead atoms. The topological polar surface area (TPSA) is 59.7 Å². The van der Waals surface area contributed by atoms with E-state index in [1.54, 1.807) is 12.1 Å². The first-order valence-electron chi connectivity index (χ1n) is 8.79. The fraction of sp³-hybridized carbons (Fsp3) is 0.350. The summed E-state index contributed by atoms with van der Waals surface area (Å²) in [7, 11) is 0. The van der Waals surface area contributed by atoms with Gasteiger partial charge in [-0.1, -0.05) is 48.0 Å². The largest absolute Gasteiger partial charge is 0.369 e. The third kappa shape index (κ3) is 4.90. The van der Waals surface area contributed by atoms with Crippen LogP contribution in [0.2, 0.25) is 0 Å². The molecule has 0 amide bonds. The van der Waals surface area contributed by atoms with Crippen LogP contribution in [0.25, 0.3) is 0 Å². The van der Waals surface area contributed by atoms with Gasteiger partial charge in [0.15, 0.2) is 0 Å². The molecule has 1 aliphatic rings. The Morgan fingerprint density at radius 3 is 2.42 bits per heavy atom. The molecule has 0 radical (unpaired) electrons. The average Bonchev–Trinajstić information content (AvgIpc) is 2.71. The van der Waals surface area contributed by atoms with Gasteiger partial charge in [-0.3, -0.25) is 4.90 Å². The van der Waals surface area contributed by atoms with Gasteiger partial charge in [-0.2, -0.15) is 5.26 Å². The number of nitriles is 1. The first kappa shape index (κ1) is 20.1. The van der Waals surface area contributed by atoms with E-state index in [2.05, 4.69) is 49.1 Å². The van der Waals surface area contributed by atoms with E-state index in [4.69, 9.17) is 5.26 Å². The molecule has 1 saturated heterocycles. The molecule has 0 aromatic heterocycles. The highest BCUT2D eigenvalue weighted by molar-refractivity contribution is 9.10. The first-order valence-corrected chi connectivity index (χ1v) is 9.59. The maximum Gasteiger partial charge on any atom is 0.127 e. The van der Waals surface area contributed by atoms with Crippen molar-refractivity contribution < 1.29 is 0 Å². The predicted molar refractivity (Wildman–Crippen MR) is 110 cm³/mol. The van der Waals surface area contributed by atoms with Crippen molar-refractivity contribution in [1.82, 2.24) is 4.90 Å². The lowest BCUT2D eigenvalue weighted by Gasteiger charge is -2.36. The molecular weight excluding hydrogens is 392 g/mol. The van der Waals surface area contributed by atoms with Crippen molar-refractivity contribution in [2.45, 2.75) is 20.4 Å². The van der Waals surface area contributed by atoms with Gasteiger partial charge in [-0.05, 0) is 35.0 Å². The Hall–Kier alpha value is -2.23. The SMILES string of the molecule is CC.N#Cc1ccc(N2CCN(Cc3ccccc3Br)CC2)cc1N=O. The normalized spacial score (nSPS) is 14.2. The third-order valence-electron chi connectivity index (χ3n) is 4.29. The molecule has 2 aromatic carbocycles. The number of hydrogen-bond donors (Lipinski definition) is 0. The number of halogens is 1. The first-order chi connectivity index (χ1) is 12.7. The van der Waals surface area contributed by atoms with E-state index in [1.165, 1.54) is 5.56 Å². The van der Waals surface area contributed by atoms with Gasteiger partial charge in [0.2, 0.25) is 0 Å². The van der Waals surface area contributed by atoms with Crippen LogP contribution < -0.4 is 4.90 Å². The molecule has 136 valence electrons. The molecule has 1 fully saturated rings. The minimum Gasteiger partial charge on any atom is -0.369 e. The minimum absolute atomic E-state index is 0.214. The predicted octanol–water partition coefficient (Wildman–Crippen LogP) is 5.07. The molecule has 6 heteroatoms. The number of anilines is 1. The standard InChI is InChI=1S/C18H17BrN4O.C2H6/c19-17-4-2-1-3-15(17)13-22-7-9-23(10-8-22)16-6-5-14(12-20)18(11-16)21-24;1-2/h1-6,11H,7-10,13H2;1-2H3. The van der Waals surface area contributed by atoms with E-state index in [1.807, 2.05) is 32.0 Å². The second-order valence-corrected chi connectivity index (χ2v) is 6.61. The lowest BCUT2D eigenvalue weighted by atomic mass is 10.1. The summed E-state index contributed by atoms with van der Waals surface area (Å²) in [6, 6.07) is 15.5. The van der Waals surface area contributed by atoms with Gasteiger partial charge >= 0.3 is 0 Å². The van der Waals surface area contributed by atoms with Crippen LogP contribution in [0.1, 0.15) is 25.0 Å². The van der Waals surface area contributed by atoms with E-state index >= 15 is 0 Å². The van der Waals surface area contributed by atoms with E-state index in [-0.39, 0.29) is 5.69 Å². The van der Waals surface area contributed by atoms with Gasteiger partial charge in [0.25, 0.3) is 0 Å². The van der Waals surface area contributed by atoms with Gasteiger partial charge in [0, 0.05) is 42.9 Å². The molecular formula is C20H23BrN4O. The molecule has 0 atom stereocenters. The summed E-state index contributed by atoms with van der Waals surface area (Å²) in [6.45, 7) is 8.59. The number of nitrogens with zero attached hydrogens (tertiary/aromatic N) is 4. The van der Waals surface area contributed by atoms with Gasteiger partial charge in [-0.25, -0.2) is 0 Å². The molecule has 1 aliphatic heterocycles. The Morgan fingerprint density at radius 1 is 1.12 bits per heavy atom. The number of benzene rings is 2. The lowest BCUT2D eigenvalue weighted by Crippen LogP contribution is -2.46. The van der Waals surface area contributed by atoms with Crippen molar-refractivity contribution >= 4 is 27.3 Å². The van der Waals surface area contributed by atoms with Gasteiger partial charge in [0.1, 0.15) is 11.8 Å². The molecule has 3 rings (SSSR count). The van der Waals surface area contributed by atoms with Crippen LogP contribution in [-0.2, 0) is 6.54 Å². The Kier molecular flexibility index (Phi) is 7.76. The Bertz CT molecular complexity index is 780. The number of nitroso groups, excluding NO2 is 1. The van der Waals surface area contributed by atoms with Crippen LogP contribution in [0.15, 0.2) is 52.1 Å². The van der Waals surface area contributed by atoms with Crippen molar-refractivity contribution in [1.29, 1.82) is 5.26 Å². The van der Waals surface area contributed by atoms with Crippen molar-refractivity contribution in [2.75, 3.05) is 31.1 Å². The average molecular weight is 415 g/mol. The monoisotopic (exact) mass is 414 g/mol. The zero-order valence-electron chi connectivity index (χ0n) is 15.2. The van der Waals surface area contributed by atoms with Crippen LogP contribution in [-0.4, -0.2) is 31.1 Å². The molecule has 1 heterocycles. The van der Waals surface area contributed by atoms with Crippen LogP contribution in [0.4, 0.5) is 11.4 Å². The van der Waals surface area contributed by atoms with Crippen molar-refractivity contribution in [3.8, 4) is 6.07 Å². The van der Waals surface area contributed by atoms with Crippen LogP contribution in [0.3, 0.4) is 0 Å². The van der Waals surface area contributed by atoms with Crippen LogP contribution in [0, 0.1) is 16.2 Å². The highest BCUT2D eigenvalue weighted by Crippen LogP contribution is 2.27. The number of hydrogen-bond acceptors (Lipinski definition) is 5. The molecule has 26 heavy (non-hydrogen) atoms. The molecule has 5 nitrogen and oxygen atoms in total. The number of piperazine rings is 1. The van der Waals surface area contributed by atoms with Crippen LogP contribution in [0.5, 0.6) is 0 Å². The second kappa shape index (κ2) is 10.0. The summed E-state index contributed by atoms with van der Waals surface area (Å²) in [4.78, 5) is 15.5. The Labute approximate surface area is 163 Å². The zero-order valence-corrected chi connectivity index (χ0v) is 16.7. The lowest BCUT2D eigenvalue weighted by molar-refractivity contribution is 0.249. The maximum absolute atomic E-state index is 10.9. The summed E-state index contributed by atoms with van der Waals surface area (Å²) in [5, 5.41) is 11.9. The van der Waals surface area contributed by atoms with Gasteiger partial charge in [-0.15, -0.1) is 4.91 Å². The third-order valence-corrected chi connectivity index (χ3v) is 5.06. The summed E-state index contributed by atoms with van der Waals surface area (Å²) >= 11 is 3.60. The smallest absolute Gasteiger partial charge is 0.127 e. The maximum atomic E-state index is 10.9. The fourth-order valence-corrected chi connectivity index (χ4v) is 3.33. The Morgan fingerprint density at radius 2 is 1.81 bits per heavy atom. The molecule has 0 saturated carbocycles. The zero-order chi connectivity index (χ0) is 18.9. The highest BCUT2D eigenvalue weighted by Gasteiger charge is 2.19. The molecule has 0 unspecified atom stereocenters. The molecule has 0 aliphatic carbocycles. The highest BCUT2D eigenvalue weighted by atomic mass is 79.9. The molecule has 0 N–H and O–H groups in total. The van der Waals surface area contributed by atoms with Crippen molar-refractivity contribution in [3.05, 3.63) is 63.0 Å². The van der Waals surface area contributed by atoms with Crippen molar-refractivity contribution in [3.63, 3.8) is 0 Å². The summed E-state index contributed by atoms with van der Waals surface area (Å²) in [5.41, 5.74) is 2.77. The van der Waals surface area contributed by atoms with E-state index in [0.717, 1.165) is 42.9 Å². The van der Waals surface area contributed by atoms with Crippen molar-refractivity contribution in [2.24, 2.45) is 5.18 Å². The summed E-state index contributed by atoms with van der Waals surface area (Å²) in [5.74, 6) is 0.